The molecule has 1 N–H and O–H groups in total. The van der Waals surface area contributed by atoms with Gasteiger partial charge in [0.2, 0.25) is 0 Å². The van der Waals surface area contributed by atoms with Crippen LogP contribution in [0.15, 0.2) is 4.99 Å². The van der Waals surface area contributed by atoms with Gasteiger partial charge in [-0.15, -0.1) is 0 Å². The van der Waals surface area contributed by atoms with Gasteiger partial charge in [0.15, 0.2) is 0 Å². The minimum Gasteiger partial charge on any atom is -0.459 e. The van der Waals surface area contributed by atoms with Crippen LogP contribution in [0, 0.1) is 5.92 Å². The minimum atomic E-state index is -0.461. The van der Waals surface area contributed by atoms with Crippen LogP contribution in [0.1, 0.15) is 52.9 Å². The number of aliphatic hydroxyl groups is 1. The van der Waals surface area contributed by atoms with Gasteiger partial charge in [0.25, 0.3) is 6.02 Å². The van der Waals surface area contributed by atoms with Gasteiger partial charge < -0.3 is 24.2 Å². The van der Waals surface area contributed by atoms with Crippen molar-refractivity contribution in [1.29, 1.82) is 0 Å². The fourth-order valence-electron chi connectivity index (χ4n) is 3.59. The lowest BCUT2D eigenvalue weighted by Gasteiger charge is -2.43. The Kier molecular flexibility index (Phi) is 7.97. The van der Waals surface area contributed by atoms with Gasteiger partial charge in [-0.3, -0.25) is 0 Å². The van der Waals surface area contributed by atoms with Gasteiger partial charge in [0, 0.05) is 33.2 Å². The standard InChI is InChI=1S/C19H36N2O4/c1-6-8-10-23-17-14(13(3)22)12-15-16(18(17)24-11-9-7-2)20-19(25-15)21(4)5/h13-18,22H,6-12H2,1-5H3/t13?,14-,15+,16+,17-,18-/m1/s1. The average molecular weight is 357 g/mol. The molecular weight excluding hydrogens is 320 g/mol. The van der Waals surface area contributed by atoms with Crippen molar-refractivity contribution in [3.8, 4) is 0 Å². The summed E-state index contributed by atoms with van der Waals surface area (Å²) >= 11 is 0. The molecule has 6 heteroatoms. The van der Waals surface area contributed by atoms with Gasteiger partial charge >= 0.3 is 0 Å². The maximum Gasteiger partial charge on any atom is 0.287 e. The molecule has 2 aliphatic rings. The highest BCUT2D eigenvalue weighted by atomic mass is 16.6. The second-order valence-electron chi connectivity index (χ2n) is 7.47. The predicted molar refractivity (Wildman–Crippen MR) is 98.9 cm³/mol. The zero-order chi connectivity index (χ0) is 18.4. The van der Waals surface area contributed by atoms with Gasteiger partial charge in [-0.2, -0.15) is 0 Å². The first-order valence-electron chi connectivity index (χ1n) is 9.82. The summed E-state index contributed by atoms with van der Waals surface area (Å²) in [6.45, 7) is 7.53. The van der Waals surface area contributed by atoms with Crippen molar-refractivity contribution >= 4 is 6.02 Å². The number of aliphatic hydroxyl groups excluding tert-OH is 1. The Hall–Kier alpha value is -0.850. The fourth-order valence-corrected chi connectivity index (χ4v) is 3.59. The van der Waals surface area contributed by atoms with E-state index < -0.39 is 6.10 Å². The van der Waals surface area contributed by atoms with E-state index in [2.05, 4.69) is 13.8 Å². The molecule has 0 saturated heterocycles. The smallest absolute Gasteiger partial charge is 0.287 e. The van der Waals surface area contributed by atoms with E-state index >= 15 is 0 Å². The molecule has 0 aromatic carbocycles. The number of aliphatic imine (C=N–C) groups is 1. The number of rotatable bonds is 9. The largest absolute Gasteiger partial charge is 0.459 e. The van der Waals surface area contributed by atoms with Crippen LogP contribution < -0.4 is 0 Å². The van der Waals surface area contributed by atoms with E-state index in [0.717, 1.165) is 32.1 Å². The lowest BCUT2D eigenvalue weighted by atomic mass is 9.77. The molecule has 6 atom stereocenters. The zero-order valence-electron chi connectivity index (χ0n) is 16.5. The lowest BCUT2D eigenvalue weighted by molar-refractivity contribution is -0.160. The lowest BCUT2D eigenvalue weighted by Crippen LogP contribution is -2.56. The van der Waals surface area contributed by atoms with Crippen LogP contribution in [0.4, 0.5) is 0 Å². The molecular formula is C19H36N2O4. The predicted octanol–water partition coefficient (Wildman–Crippen LogP) is 2.44. The maximum atomic E-state index is 10.3. The van der Waals surface area contributed by atoms with Crippen molar-refractivity contribution in [3.05, 3.63) is 0 Å². The van der Waals surface area contributed by atoms with Gasteiger partial charge in [-0.1, -0.05) is 26.7 Å². The number of fused-ring (bicyclic) bond motifs is 1. The summed E-state index contributed by atoms with van der Waals surface area (Å²) in [5, 5.41) is 10.3. The van der Waals surface area contributed by atoms with Crippen molar-refractivity contribution in [2.45, 2.75) is 83.3 Å². The topological polar surface area (TPSA) is 63.5 Å². The number of ether oxygens (including phenoxy) is 3. The van der Waals surface area contributed by atoms with Crippen molar-refractivity contribution in [1.82, 2.24) is 4.90 Å². The third-order valence-electron chi connectivity index (χ3n) is 5.10. The van der Waals surface area contributed by atoms with E-state index in [-0.39, 0.29) is 30.3 Å². The quantitative estimate of drug-likeness (QED) is 0.643. The van der Waals surface area contributed by atoms with Crippen molar-refractivity contribution in [3.63, 3.8) is 0 Å². The molecule has 0 amide bonds. The number of unbranched alkanes of at least 4 members (excludes halogenated alkanes) is 2. The van der Waals surface area contributed by atoms with Gasteiger partial charge in [-0.25, -0.2) is 4.99 Å². The van der Waals surface area contributed by atoms with Crippen LogP contribution in [0.2, 0.25) is 0 Å². The van der Waals surface area contributed by atoms with Gasteiger partial charge in [0.1, 0.15) is 18.2 Å². The van der Waals surface area contributed by atoms with E-state index in [9.17, 15) is 5.11 Å². The summed E-state index contributed by atoms with van der Waals surface area (Å²) in [6, 6.07) is 0.591. The molecule has 0 aromatic heterocycles. The van der Waals surface area contributed by atoms with E-state index in [1.807, 2.05) is 25.9 Å². The van der Waals surface area contributed by atoms with Crippen LogP contribution in [0.3, 0.4) is 0 Å². The fraction of sp³-hybridized carbons (Fsp3) is 0.947. The highest BCUT2D eigenvalue weighted by Crippen LogP contribution is 2.38. The Labute approximate surface area is 152 Å². The van der Waals surface area contributed by atoms with Crippen molar-refractivity contribution < 1.29 is 19.3 Å². The van der Waals surface area contributed by atoms with Crippen LogP contribution in [0.25, 0.3) is 0 Å². The highest BCUT2D eigenvalue weighted by Gasteiger charge is 2.51. The first kappa shape index (κ1) is 20.5. The molecule has 0 spiro atoms. The summed E-state index contributed by atoms with van der Waals surface area (Å²) in [5.74, 6) is 0.00134. The SMILES string of the molecule is CCCCO[C@@H]1[C@H]2N=C(N(C)C)O[C@H]2C[C@H](C(C)O)[C@H]1OCCCC. The molecule has 1 unspecified atom stereocenters. The first-order valence-corrected chi connectivity index (χ1v) is 9.82. The van der Waals surface area contributed by atoms with Crippen LogP contribution in [-0.4, -0.2) is 73.8 Å². The van der Waals surface area contributed by atoms with Gasteiger partial charge in [0.05, 0.1) is 12.2 Å². The summed E-state index contributed by atoms with van der Waals surface area (Å²) in [4.78, 5) is 6.67. The molecule has 0 bridgehead atoms. The Balaban J connectivity index is 2.19. The summed E-state index contributed by atoms with van der Waals surface area (Å²) in [7, 11) is 3.87. The average Bonchev–Trinajstić information content (AvgIpc) is 3.00. The van der Waals surface area contributed by atoms with E-state index in [0.29, 0.717) is 19.2 Å². The monoisotopic (exact) mass is 356 g/mol. The first-order chi connectivity index (χ1) is 12.0. The Morgan fingerprint density at radius 3 is 2.28 bits per heavy atom. The molecule has 1 fully saturated rings. The molecule has 6 nitrogen and oxygen atoms in total. The van der Waals surface area contributed by atoms with Crippen LogP contribution >= 0.6 is 0 Å². The summed E-state index contributed by atoms with van der Waals surface area (Å²) < 4.78 is 18.5. The molecule has 146 valence electrons. The molecule has 1 heterocycles. The third kappa shape index (κ3) is 5.08. The molecule has 1 aliphatic carbocycles. The Bertz CT molecular complexity index is 428. The Morgan fingerprint density at radius 2 is 1.76 bits per heavy atom. The minimum absolute atomic E-state index is 0.00134. The number of nitrogens with zero attached hydrogens (tertiary/aromatic N) is 2. The second kappa shape index (κ2) is 9.74. The van der Waals surface area contributed by atoms with Crippen LogP contribution in [-0.2, 0) is 14.2 Å². The van der Waals surface area contributed by atoms with E-state index in [1.165, 1.54) is 0 Å². The van der Waals surface area contributed by atoms with Gasteiger partial charge in [-0.05, 0) is 26.2 Å². The third-order valence-corrected chi connectivity index (χ3v) is 5.10. The molecule has 2 rings (SSSR count). The van der Waals surface area contributed by atoms with E-state index in [1.54, 1.807) is 0 Å². The Morgan fingerprint density at radius 1 is 1.16 bits per heavy atom. The molecule has 1 saturated carbocycles. The van der Waals surface area contributed by atoms with Crippen molar-refractivity contribution in [2.24, 2.45) is 10.9 Å². The second-order valence-corrected chi connectivity index (χ2v) is 7.47. The normalized spacial score (nSPS) is 32.7. The highest BCUT2D eigenvalue weighted by molar-refractivity contribution is 5.75. The summed E-state index contributed by atoms with van der Waals surface area (Å²) in [5.41, 5.74) is 0. The van der Waals surface area contributed by atoms with Crippen LogP contribution in [0.5, 0.6) is 0 Å². The maximum absolute atomic E-state index is 10.3. The summed E-state index contributed by atoms with van der Waals surface area (Å²) in [6.07, 6.45) is 4.13. The molecule has 25 heavy (non-hydrogen) atoms. The number of hydrogen-bond donors (Lipinski definition) is 1. The van der Waals surface area contributed by atoms with Crippen molar-refractivity contribution in [2.75, 3.05) is 27.3 Å². The molecule has 1 aliphatic heterocycles. The zero-order valence-corrected chi connectivity index (χ0v) is 16.5. The molecule has 0 radical (unpaired) electrons. The number of hydrogen-bond acceptors (Lipinski definition) is 6. The number of amidine groups is 1. The molecule has 0 aromatic rings. The van der Waals surface area contributed by atoms with E-state index in [4.69, 9.17) is 19.2 Å².